The molecule has 1 aliphatic rings. The summed E-state index contributed by atoms with van der Waals surface area (Å²) in [6, 6.07) is 8.29. The predicted octanol–water partition coefficient (Wildman–Crippen LogP) is 2.95. The number of anilines is 1. The van der Waals surface area contributed by atoms with Crippen LogP contribution in [-0.4, -0.2) is 18.1 Å². The van der Waals surface area contributed by atoms with Gasteiger partial charge < -0.3 is 10.6 Å². The Labute approximate surface area is 109 Å². The van der Waals surface area contributed by atoms with Gasteiger partial charge in [0.05, 0.1) is 0 Å². The molecular weight excluding hydrogens is 228 g/mol. The largest absolute Gasteiger partial charge is 0.389 e. The molecule has 0 saturated carbocycles. The summed E-state index contributed by atoms with van der Waals surface area (Å²) < 4.78 is 0. The van der Waals surface area contributed by atoms with E-state index >= 15 is 0 Å². The molecule has 1 fully saturated rings. The molecule has 0 bridgehead atoms. The monoisotopic (exact) mass is 248 g/mol. The standard InChI is InChI=1S/C14H20N2S/c1-2-11-7-9-16(10-8-11)13-5-3-12(4-6-13)14(15)17/h3-6,11H,2,7-10H2,1H3,(H2,15,17). The normalized spacial score (nSPS) is 17.1. The third-order valence-corrected chi connectivity index (χ3v) is 3.94. The fourth-order valence-electron chi connectivity index (χ4n) is 2.44. The van der Waals surface area contributed by atoms with E-state index in [4.69, 9.17) is 18.0 Å². The highest BCUT2D eigenvalue weighted by Crippen LogP contribution is 2.25. The summed E-state index contributed by atoms with van der Waals surface area (Å²) in [5, 5.41) is 0. The first-order valence-electron chi connectivity index (χ1n) is 6.35. The predicted molar refractivity (Wildman–Crippen MR) is 77.6 cm³/mol. The van der Waals surface area contributed by atoms with E-state index in [0.717, 1.165) is 11.5 Å². The van der Waals surface area contributed by atoms with Gasteiger partial charge in [0.15, 0.2) is 0 Å². The second kappa shape index (κ2) is 5.50. The van der Waals surface area contributed by atoms with Crippen LogP contribution >= 0.6 is 12.2 Å². The van der Waals surface area contributed by atoms with E-state index in [2.05, 4.69) is 24.0 Å². The van der Waals surface area contributed by atoms with Crippen LogP contribution in [-0.2, 0) is 0 Å². The maximum atomic E-state index is 5.60. The molecule has 17 heavy (non-hydrogen) atoms. The summed E-state index contributed by atoms with van der Waals surface area (Å²) in [4.78, 5) is 2.93. The van der Waals surface area contributed by atoms with Crippen molar-refractivity contribution in [2.75, 3.05) is 18.0 Å². The highest BCUT2D eigenvalue weighted by Gasteiger charge is 2.17. The number of hydrogen-bond donors (Lipinski definition) is 1. The number of nitrogens with two attached hydrogens (primary N) is 1. The summed E-state index contributed by atoms with van der Waals surface area (Å²) in [6.07, 6.45) is 3.94. The lowest BCUT2D eigenvalue weighted by atomic mass is 9.94. The Morgan fingerprint density at radius 1 is 1.29 bits per heavy atom. The summed E-state index contributed by atoms with van der Waals surface area (Å²) >= 11 is 4.96. The zero-order valence-electron chi connectivity index (χ0n) is 10.4. The SMILES string of the molecule is CCC1CCN(c2ccc(C(N)=S)cc2)CC1. The highest BCUT2D eigenvalue weighted by molar-refractivity contribution is 7.80. The Bertz CT molecular complexity index is 378. The first-order chi connectivity index (χ1) is 8.20. The zero-order valence-corrected chi connectivity index (χ0v) is 11.2. The molecule has 2 N–H and O–H groups in total. The third kappa shape index (κ3) is 2.97. The van der Waals surface area contributed by atoms with Crippen molar-refractivity contribution in [3.05, 3.63) is 29.8 Å². The van der Waals surface area contributed by atoms with Gasteiger partial charge in [0.1, 0.15) is 4.99 Å². The lowest BCUT2D eigenvalue weighted by Crippen LogP contribution is -2.33. The van der Waals surface area contributed by atoms with E-state index in [1.54, 1.807) is 0 Å². The summed E-state index contributed by atoms with van der Waals surface area (Å²) in [5.74, 6) is 0.919. The van der Waals surface area contributed by atoms with Crippen LogP contribution in [0, 0.1) is 5.92 Å². The highest BCUT2D eigenvalue weighted by atomic mass is 32.1. The van der Waals surface area contributed by atoms with E-state index < -0.39 is 0 Å². The smallest absolute Gasteiger partial charge is 0.103 e. The molecule has 0 aliphatic carbocycles. The van der Waals surface area contributed by atoms with Gasteiger partial charge in [-0.3, -0.25) is 0 Å². The van der Waals surface area contributed by atoms with Gasteiger partial charge in [-0.1, -0.05) is 25.6 Å². The second-order valence-corrected chi connectivity index (χ2v) is 5.19. The molecule has 2 nitrogen and oxygen atoms in total. The van der Waals surface area contributed by atoms with E-state index in [9.17, 15) is 0 Å². The van der Waals surface area contributed by atoms with Crippen molar-refractivity contribution in [3.8, 4) is 0 Å². The second-order valence-electron chi connectivity index (χ2n) is 4.75. The Morgan fingerprint density at radius 2 is 1.88 bits per heavy atom. The van der Waals surface area contributed by atoms with Crippen molar-refractivity contribution < 1.29 is 0 Å². The van der Waals surface area contributed by atoms with Gasteiger partial charge >= 0.3 is 0 Å². The van der Waals surface area contributed by atoms with Gasteiger partial charge in [-0.05, 0) is 43.0 Å². The van der Waals surface area contributed by atoms with Crippen molar-refractivity contribution >= 4 is 22.9 Å². The van der Waals surface area contributed by atoms with Crippen LogP contribution in [0.3, 0.4) is 0 Å². The Hall–Kier alpha value is -1.09. The molecule has 0 aromatic heterocycles. The van der Waals surface area contributed by atoms with Crippen LogP contribution in [0.4, 0.5) is 5.69 Å². The van der Waals surface area contributed by atoms with Gasteiger partial charge in [-0.25, -0.2) is 0 Å². The minimum atomic E-state index is 0.473. The van der Waals surface area contributed by atoms with Crippen LogP contribution in [0.2, 0.25) is 0 Å². The first-order valence-corrected chi connectivity index (χ1v) is 6.76. The molecule has 1 aromatic carbocycles. The van der Waals surface area contributed by atoms with Crippen molar-refractivity contribution in [2.24, 2.45) is 11.7 Å². The van der Waals surface area contributed by atoms with Crippen LogP contribution in [0.25, 0.3) is 0 Å². The third-order valence-electron chi connectivity index (χ3n) is 3.71. The number of benzene rings is 1. The molecule has 1 aromatic rings. The molecule has 1 heterocycles. The minimum absolute atomic E-state index is 0.473. The van der Waals surface area contributed by atoms with Crippen LogP contribution in [0.5, 0.6) is 0 Å². The van der Waals surface area contributed by atoms with Gasteiger partial charge in [0.25, 0.3) is 0 Å². The molecule has 0 radical (unpaired) electrons. The molecule has 3 heteroatoms. The van der Waals surface area contributed by atoms with Gasteiger partial charge in [0.2, 0.25) is 0 Å². The van der Waals surface area contributed by atoms with Crippen molar-refractivity contribution in [1.82, 2.24) is 0 Å². The van der Waals surface area contributed by atoms with Crippen molar-refractivity contribution in [3.63, 3.8) is 0 Å². The van der Waals surface area contributed by atoms with Gasteiger partial charge in [-0.15, -0.1) is 0 Å². The Morgan fingerprint density at radius 3 is 2.35 bits per heavy atom. The average Bonchev–Trinajstić information content (AvgIpc) is 2.39. The number of rotatable bonds is 3. The summed E-state index contributed by atoms with van der Waals surface area (Å²) in [5.41, 5.74) is 7.84. The lowest BCUT2D eigenvalue weighted by Gasteiger charge is -2.33. The van der Waals surface area contributed by atoms with E-state index in [-0.39, 0.29) is 0 Å². The number of hydrogen-bond acceptors (Lipinski definition) is 2. The first kappa shape index (κ1) is 12.4. The maximum absolute atomic E-state index is 5.60. The van der Waals surface area contributed by atoms with Gasteiger partial charge in [0, 0.05) is 24.3 Å². The van der Waals surface area contributed by atoms with Crippen molar-refractivity contribution in [1.29, 1.82) is 0 Å². The summed E-state index contributed by atoms with van der Waals surface area (Å²) in [7, 11) is 0. The molecule has 0 spiro atoms. The van der Waals surface area contributed by atoms with Gasteiger partial charge in [-0.2, -0.15) is 0 Å². The van der Waals surface area contributed by atoms with Crippen LogP contribution in [0.15, 0.2) is 24.3 Å². The molecule has 0 unspecified atom stereocenters. The quantitative estimate of drug-likeness (QED) is 0.834. The molecule has 0 amide bonds. The number of piperidine rings is 1. The fraction of sp³-hybridized carbons (Fsp3) is 0.500. The van der Waals surface area contributed by atoms with E-state index in [1.165, 1.54) is 38.0 Å². The van der Waals surface area contributed by atoms with E-state index in [0.29, 0.717) is 4.99 Å². The van der Waals surface area contributed by atoms with Crippen LogP contribution in [0.1, 0.15) is 31.7 Å². The molecule has 92 valence electrons. The summed E-state index contributed by atoms with van der Waals surface area (Å²) in [6.45, 7) is 4.63. The maximum Gasteiger partial charge on any atom is 0.103 e. The van der Waals surface area contributed by atoms with Crippen molar-refractivity contribution in [2.45, 2.75) is 26.2 Å². The average molecular weight is 248 g/mol. The zero-order chi connectivity index (χ0) is 12.3. The topological polar surface area (TPSA) is 29.3 Å². The molecule has 1 aliphatic heterocycles. The fourth-order valence-corrected chi connectivity index (χ4v) is 2.57. The molecule has 0 atom stereocenters. The number of nitrogens with zero attached hydrogens (tertiary/aromatic N) is 1. The molecular formula is C14H20N2S. The molecule has 2 rings (SSSR count). The Balaban J connectivity index is 2.01. The molecule has 1 saturated heterocycles. The van der Waals surface area contributed by atoms with Crippen LogP contribution < -0.4 is 10.6 Å². The Kier molecular flexibility index (Phi) is 4.00. The minimum Gasteiger partial charge on any atom is -0.389 e. The number of thiocarbonyl (C=S) groups is 1. The van der Waals surface area contributed by atoms with E-state index in [1.807, 2.05) is 12.1 Å². The lowest BCUT2D eigenvalue weighted by molar-refractivity contribution is 0.395.